The van der Waals surface area contributed by atoms with Crippen LogP contribution in [0.5, 0.6) is 0 Å². The summed E-state index contributed by atoms with van der Waals surface area (Å²) in [5.41, 5.74) is 0.845. The van der Waals surface area contributed by atoms with Crippen molar-refractivity contribution in [1.29, 1.82) is 0 Å². The molecule has 0 saturated carbocycles. The molecule has 7 heteroatoms. The Morgan fingerprint density at radius 3 is 2.86 bits per heavy atom. The van der Waals surface area contributed by atoms with Gasteiger partial charge in [0.2, 0.25) is 5.91 Å². The standard InChI is InChI=1S/C15H13BrN2OS3/c1-18(8-11-4-5-13(16)22-11)14(19)7-10-9-21-15(17-10)12-3-2-6-20-12/h2-6,9H,7-8H2,1H3. The SMILES string of the molecule is CN(Cc1ccc(Br)s1)C(=O)Cc1csc(-c2cccs2)n1. The van der Waals surface area contributed by atoms with E-state index in [4.69, 9.17) is 0 Å². The molecule has 3 rings (SSSR count). The molecule has 1 amide bonds. The lowest BCUT2D eigenvalue weighted by atomic mass is 10.3. The molecule has 0 aliphatic heterocycles. The third-order valence-corrected chi connectivity index (χ3v) is 6.60. The molecule has 0 aliphatic rings. The van der Waals surface area contributed by atoms with Gasteiger partial charge in [-0.05, 0) is 39.5 Å². The fourth-order valence-corrected chi connectivity index (χ4v) is 5.12. The Balaban J connectivity index is 1.61. The number of nitrogens with zero attached hydrogens (tertiary/aromatic N) is 2. The van der Waals surface area contributed by atoms with Crippen molar-refractivity contribution in [3.05, 3.63) is 49.4 Å². The summed E-state index contributed by atoms with van der Waals surface area (Å²) in [7, 11) is 1.84. The molecule has 22 heavy (non-hydrogen) atoms. The van der Waals surface area contributed by atoms with Crippen LogP contribution in [0.2, 0.25) is 0 Å². The van der Waals surface area contributed by atoms with Gasteiger partial charge in [-0.25, -0.2) is 4.98 Å². The van der Waals surface area contributed by atoms with E-state index in [2.05, 4.69) is 27.0 Å². The monoisotopic (exact) mass is 412 g/mol. The van der Waals surface area contributed by atoms with E-state index in [0.717, 1.165) is 19.4 Å². The number of amides is 1. The second-order valence-electron chi connectivity index (χ2n) is 4.75. The van der Waals surface area contributed by atoms with E-state index < -0.39 is 0 Å². The number of hydrogen-bond donors (Lipinski definition) is 0. The highest BCUT2D eigenvalue weighted by atomic mass is 79.9. The van der Waals surface area contributed by atoms with Gasteiger partial charge in [-0.15, -0.1) is 34.0 Å². The van der Waals surface area contributed by atoms with E-state index in [1.807, 2.05) is 36.0 Å². The van der Waals surface area contributed by atoms with Crippen LogP contribution in [0.1, 0.15) is 10.6 Å². The number of hydrogen-bond acceptors (Lipinski definition) is 5. The van der Waals surface area contributed by atoms with Gasteiger partial charge in [0.1, 0.15) is 5.01 Å². The third kappa shape index (κ3) is 3.84. The molecule has 0 bridgehead atoms. The Morgan fingerprint density at radius 1 is 1.32 bits per heavy atom. The lowest BCUT2D eigenvalue weighted by Gasteiger charge is -2.15. The van der Waals surface area contributed by atoms with Crippen LogP contribution in [0.4, 0.5) is 0 Å². The van der Waals surface area contributed by atoms with Gasteiger partial charge in [-0.1, -0.05) is 6.07 Å². The van der Waals surface area contributed by atoms with Gasteiger partial charge < -0.3 is 4.90 Å². The van der Waals surface area contributed by atoms with Crippen molar-refractivity contribution in [2.45, 2.75) is 13.0 Å². The minimum absolute atomic E-state index is 0.0903. The summed E-state index contributed by atoms with van der Waals surface area (Å²) in [6, 6.07) is 8.11. The molecule has 3 heterocycles. The average Bonchev–Trinajstić information content (AvgIpc) is 3.20. The molecular weight excluding hydrogens is 400 g/mol. The summed E-state index contributed by atoms with van der Waals surface area (Å²) in [6.07, 6.45) is 0.352. The molecule has 0 saturated heterocycles. The van der Waals surface area contributed by atoms with Crippen molar-refractivity contribution in [2.75, 3.05) is 7.05 Å². The molecular formula is C15H13BrN2OS3. The topological polar surface area (TPSA) is 33.2 Å². The van der Waals surface area contributed by atoms with Gasteiger partial charge >= 0.3 is 0 Å². The van der Waals surface area contributed by atoms with E-state index in [9.17, 15) is 4.79 Å². The van der Waals surface area contributed by atoms with Crippen LogP contribution in [0.25, 0.3) is 9.88 Å². The first-order valence-electron chi connectivity index (χ1n) is 6.58. The number of carbonyl (C=O) groups excluding carboxylic acids is 1. The lowest BCUT2D eigenvalue weighted by molar-refractivity contribution is -0.129. The summed E-state index contributed by atoms with van der Waals surface area (Å²) >= 11 is 8.36. The molecule has 3 nitrogen and oxygen atoms in total. The van der Waals surface area contributed by atoms with Gasteiger partial charge in [0, 0.05) is 17.3 Å². The van der Waals surface area contributed by atoms with E-state index in [1.54, 1.807) is 38.9 Å². The molecule has 3 aromatic rings. The quantitative estimate of drug-likeness (QED) is 0.596. The van der Waals surface area contributed by atoms with Crippen molar-refractivity contribution < 1.29 is 4.79 Å². The predicted molar refractivity (Wildman–Crippen MR) is 97.6 cm³/mol. The molecule has 0 atom stereocenters. The highest BCUT2D eigenvalue weighted by molar-refractivity contribution is 9.11. The highest BCUT2D eigenvalue weighted by Gasteiger charge is 2.14. The fourth-order valence-electron chi connectivity index (χ4n) is 1.95. The summed E-state index contributed by atoms with van der Waals surface area (Å²) in [4.78, 5) is 20.9. The molecule has 0 N–H and O–H groups in total. The second kappa shape index (κ2) is 7.04. The van der Waals surface area contributed by atoms with Crippen LogP contribution in [0.3, 0.4) is 0 Å². The van der Waals surface area contributed by atoms with Crippen molar-refractivity contribution in [2.24, 2.45) is 0 Å². The van der Waals surface area contributed by atoms with E-state index in [-0.39, 0.29) is 5.91 Å². The number of aromatic nitrogens is 1. The van der Waals surface area contributed by atoms with Crippen molar-refractivity contribution in [3.8, 4) is 9.88 Å². The number of likely N-dealkylation sites (N-methyl/N-ethyl adjacent to an activating group) is 1. The molecule has 3 aromatic heterocycles. The number of thiophene rings is 2. The summed E-state index contributed by atoms with van der Waals surface area (Å²) in [5.74, 6) is 0.0903. The summed E-state index contributed by atoms with van der Waals surface area (Å²) in [6.45, 7) is 0.636. The van der Waals surface area contributed by atoms with E-state index in [0.29, 0.717) is 13.0 Å². The molecule has 0 radical (unpaired) electrons. The highest BCUT2D eigenvalue weighted by Crippen LogP contribution is 2.28. The van der Waals surface area contributed by atoms with Gasteiger partial charge in [-0.3, -0.25) is 4.79 Å². The van der Waals surface area contributed by atoms with Crippen LogP contribution in [0, 0.1) is 0 Å². The average molecular weight is 413 g/mol. The van der Waals surface area contributed by atoms with Crippen molar-refractivity contribution in [1.82, 2.24) is 9.88 Å². The minimum atomic E-state index is 0.0903. The van der Waals surface area contributed by atoms with E-state index >= 15 is 0 Å². The first-order valence-corrected chi connectivity index (χ1v) is 9.95. The van der Waals surface area contributed by atoms with Crippen LogP contribution in [-0.4, -0.2) is 22.8 Å². The molecule has 0 aliphatic carbocycles. The number of rotatable bonds is 5. The summed E-state index contributed by atoms with van der Waals surface area (Å²) < 4.78 is 1.09. The number of thiazole rings is 1. The second-order valence-corrected chi connectivity index (χ2v) is 9.11. The number of halogens is 1. The maximum absolute atomic E-state index is 12.3. The maximum Gasteiger partial charge on any atom is 0.228 e. The van der Waals surface area contributed by atoms with Gasteiger partial charge in [0.15, 0.2) is 0 Å². The Kier molecular flexibility index (Phi) is 5.07. The van der Waals surface area contributed by atoms with Crippen LogP contribution in [-0.2, 0) is 17.8 Å². The van der Waals surface area contributed by atoms with Gasteiger partial charge in [-0.2, -0.15) is 0 Å². The first-order chi connectivity index (χ1) is 10.6. The molecule has 114 valence electrons. The van der Waals surface area contributed by atoms with Crippen LogP contribution in [0.15, 0.2) is 38.8 Å². The molecule has 0 spiro atoms. The third-order valence-electron chi connectivity index (χ3n) is 3.06. The summed E-state index contributed by atoms with van der Waals surface area (Å²) in [5, 5.41) is 5.00. The lowest BCUT2D eigenvalue weighted by Crippen LogP contribution is -2.27. The Labute approximate surface area is 149 Å². The fraction of sp³-hybridized carbons (Fsp3) is 0.200. The smallest absolute Gasteiger partial charge is 0.228 e. The van der Waals surface area contributed by atoms with E-state index in [1.165, 1.54) is 4.88 Å². The zero-order valence-electron chi connectivity index (χ0n) is 11.8. The molecule has 0 unspecified atom stereocenters. The Hall–Kier alpha value is -1.02. The van der Waals surface area contributed by atoms with Gasteiger partial charge in [0.25, 0.3) is 0 Å². The van der Waals surface area contributed by atoms with Crippen molar-refractivity contribution in [3.63, 3.8) is 0 Å². The Bertz CT molecular complexity index is 763. The van der Waals surface area contributed by atoms with Crippen molar-refractivity contribution >= 4 is 55.8 Å². The number of carbonyl (C=O) groups is 1. The molecule has 0 fully saturated rings. The molecule has 0 aromatic carbocycles. The zero-order valence-corrected chi connectivity index (χ0v) is 15.8. The van der Waals surface area contributed by atoms with Crippen LogP contribution >= 0.6 is 49.9 Å². The maximum atomic E-state index is 12.3. The predicted octanol–water partition coefficient (Wildman–Crippen LogP) is 4.90. The van der Waals surface area contributed by atoms with Gasteiger partial charge in [0.05, 0.1) is 27.3 Å². The first kappa shape index (κ1) is 15.9. The largest absolute Gasteiger partial charge is 0.340 e. The zero-order chi connectivity index (χ0) is 15.5. The normalized spacial score (nSPS) is 10.8. The van der Waals surface area contributed by atoms with Crippen LogP contribution < -0.4 is 0 Å². The Morgan fingerprint density at radius 2 is 2.18 bits per heavy atom. The minimum Gasteiger partial charge on any atom is -0.340 e.